The van der Waals surface area contributed by atoms with E-state index < -0.39 is 23.8 Å². The van der Waals surface area contributed by atoms with Crippen molar-refractivity contribution in [3.05, 3.63) is 113 Å². The Morgan fingerprint density at radius 3 is 2.03 bits per heavy atom. The molecule has 0 bridgehead atoms. The van der Waals surface area contributed by atoms with E-state index in [4.69, 9.17) is 4.74 Å². The van der Waals surface area contributed by atoms with Gasteiger partial charge in [-0.05, 0) is 12.0 Å². The molecule has 5 nitrogen and oxygen atoms in total. The molecule has 0 aliphatic carbocycles. The first-order valence-corrected chi connectivity index (χ1v) is 11.1. The van der Waals surface area contributed by atoms with Crippen LogP contribution in [0.25, 0.3) is 5.70 Å². The van der Waals surface area contributed by atoms with Crippen LogP contribution in [0.5, 0.6) is 0 Å². The lowest BCUT2D eigenvalue weighted by Crippen LogP contribution is -2.31. The highest BCUT2D eigenvalue weighted by Gasteiger charge is 2.40. The van der Waals surface area contributed by atoms with Gasteiger partial charge in [-0.25, -0.2) is 4.79 Å². The van der Waals surface area contributed by atoms with Gasteiger partial charge in [0.2, 0.25) is 6.23 Å². The zero-order chi connectivity index (χ0) is 23.2. The standard InChI is InChI=1S/C28H25NO4/c1-2-3-19-29-24(20-13-7-4-8-14-20)23(25(30)21-15-9-5-10-16-21)26(31)28(32)33-27(29)22-17-11-6-12-18-22/h4-18,27H,2-3,19H2,1H3. The largest absolute Gasteiger partial charge is 0.431 e. The number of esters is 1. The predicted octanol–water partition coefficient (Wildman–Crippen LogP) is 5.21. The van der Waals surface area contributed by atoms with E-state index in [-0.39, 0.29) is 5.57 Å². The molecule has 3 aromatic rings. The minimum atomic E-state index is -1.03. The van der Waals surface area contributed by atoms with Crippen LogP contribution in [0.2, 0.25) is 0 Å². The van der Waals surface area contributed by atoms with Crippen LogP contribution in [-0.2, 0) is 14.3 Å². The smallest absolute Gasteiger partial charge is 0.382 e. The fraction of sp³-hybridized carbons (Fsp3) is 0.179. The average molecular weight is 440 g/mol. The highest BCUT2D eigenvalue weighted by molar-refractivity contribution is 6.51. The molecule has 0 saturated heterocycles. The molecule has 0 saturated carbocycles. The number of cyclic esters (lactones) is 1. The zero-order valence-electron chi connectivity index (χ0n) is 18.4. The summed E-state index contributed by atoms with van der Waals surface area (Å²) in [6, 6.07) is 27.1. The predicted molar refractivity (Wildman–Crippen MR) is 126 cm³/mol. The lowest BCUT2D eigenvalue weighted by atomic mass is 9.94. The number of carbonyl (C=O) groups excluding carboxylic acids is 3. The van der Waals surface area contributed by atoms with Crippen molar-refractivity contribution in [3.8, 4) is 0 Å². The molecule has 0 radical (unpaired) electrons. The third-order valence-corrected chi connectivity index (χ3v) is 5.59. The molecule has 0 fully saturated rings. The average Bonchev–Trinajstić information content (AvgIpc) is 2.98. The molecule has 166 valence electrons. The van der Waals surface area contributed by atoms with Crippen molar-refractivity contribution in [1.82, 2.24) is 4.90 Å². The van der Waals surface area contributed by atoms with Crippen molar-refractivity contribution in [2.45, 2.75) is 26.0 Å². The van der Waals surface area contributed by atoms with E-state index in [1.54, 1.807) is 30.3 Å². The van der Waals surface area contributed by atoms with Crippen molar-refractivity contribution >= 4 is 23.2 Å². The summed E-state index contributed by atoms with van der Waals surface area (Å²) in [5.74, 6) is -2.45. The van der Waals surface area contributed by atoms with E-state index in [9.17, 15) is 14.4 Å². The van der Waals surface area contributed by atoms with Crippen molar-refractivity contribution in [3.63, 3.8) is 0 Å². The highest BCUT2D eigenvalue weighted by Crippen LogP contribution is 2.37. The molecule has 1 aliphatic heterocycles. The van der Waals surface area contributed by atoms with Gasteiger partial charge >= 0.3 is 5.97 Å². The van der Waals surface area contributed by atoms with E-state index >= 15 is 0 Å². The molecule has 0 spiro atoms. The van der Waals surface area contributed by atoms with Crippen LogP contribution in [0, 0.1) is 0 Å². The van der Waals surface area contributed by atoms with Gasteiger partial charge in [0.1, 0.15) is 5.57 Å². The molecule has 5 heteroatoms. The Hall–Kier alpha value is -3.99. The maximum absolute atomic E-state index is 13.6. The van der Waals surface area contributed by atoms with E-state index in [0.29, 0.717) is 23.4 Å². The normalized spacial score (nSPS) is 16.4. The van der Waals surface area contributed by atoms with Crippen molar-refractivity contribution < 1.29 is 19.1 Å². The zero-order valence-corrected chi connectivity index (χ0v) is 18.4. The molecule has 33 heavy (non-hydrogen) atoms. The molecule has 1 aliphatic rings. The van der Waals surface area contributed by atoms with Crippen molar-refractivity contribution in [2.24, 2.45) is 0 Å². The quantitative estimate of drug-likeness (QED) is 0.219. The number of hydrogen-bond acceptors (Lipinski definition) is 5. The lowest BCUT2D eigenvalue weighted by molar-refractivity contribution is -0.161. The number of unbranched alkanes of at least 4 members (excludes halogenated alkanes) is 1. The first-order valence-electron chi connectivity index (χ1n) is 11.1. The summed E-state index contributed by atoms with van der Waals surface area (Å²) >= 11 is 0. The van der Waals surface area contributed by atoms with E-state index in [0.717, 1.165) is 18.4 Å². The topological polar surface area (TPSA) is 63.7 Å². The molecule has 1 atom stereocenters. The number of benzene rings is 3. The van der Waals surface area contributed by atoms with Gasteiger partial charge in [0, 0.05) is 17.7 Å². The molecule has 1 heterocycles. The van der Waals surface area contributed by atoms with Crippen LogP contribution in [-0.4, -0.2) is 29.0 Å². The van der Waals surface area contributed by atoms with Gasteiger partial charge in [-0.3, -0.25) is 9.59 Å². The minimum Gasteiger partial charge on any atom is -0.431 e. The maximum Gasteiger partial charge on any atom is 0.382 e. The Morgan fingerprint density at radius 1 is 0.848 bits per heavy atom. The Labute approximate surface area is 193 Å². The Balaban J connectivity index is 1.99. The molecule has 4 rings (SSSR count). The van der Waals surface area contributed by atoms with Crippen molar-refractivity contribution in [2.75, 3.05) is 6.54 Å². The number of ketones is 2. The third kappa shape index (κ3) is 4.62. The van der Waals surface area contributed by atoms with Crippen LogP contribution in [0.3, 0.4) is 0 Å². The van der Waals surface area contributed by atoms with Gasteiger partial charge in [-0.15, -0.1) is 0 Å². The summed E-state index contributed by atoms with van der Waals surface area (Å²) in [6.45, 7) is 2.57. The van der Waals surface area contributed by atoms with Gasteiger partial charge < -0.3 is 9.64 Å². The number of carbonyl (C=O) groups is 3. The number of hydrogen-bond donors (Lipinski definition) is 0. The van der Waals surface area contributed by atoms with Crippen LogP contribution >= 0.6 is 0 Å². The summed E-state index contributed by atoms with van der Waals surface area (Å²) < 4.78 is 5.73. The Morgan fingerprint density at radius 2 is 1.42 bits per heavy atom. The van der Waals surface area contributed by atoms with Crippen LogP contribution < -0.4 is 0 Å². The van der Waals surface area contributed by atoms with Crippen molar-refractivity contribution in [1.29, 1.82) is 0 Å². The van der Waals surface area contributed by atoms with Gasteiger partial charge in [0.05, 0.1) is 5.70 Å². The number of rotatable bonds is 7. The second-order valence-corrected chi connectivity index (χ2v) is 7.83. The third-order valence-electron chi connectivity index (χ3n) is 5.59. The van der Waals surface area contributed by atoms with Gasteiger partial charge in [-0.2, -0.15) is 0 Å². The van der Waals surface area contributed by atoms with Gasteiger partial charge in [-0.1, -0.05) is 104 Å². The first-order chi connectivity index (χ1) is 16.1. The second-order valence-electron chi connectivity index (χ2n) is 7.83. The molecule has 1 unspecified atom stereocenters. The molecular formula is C28H25NO4. The molecule has 0 amide bonds. The Bertz CT molecular complexity index is 1170. The van der Waals surface area contributed by atoms with Crippen LogP contribution in [0.1, 0.15) is 47.5 Å². The summed E-state index contributed by atoms with van der Waals surface area (Å²) in [5, 5.41) is 0. The second kappa shape index (κ2) is 10.1. The maximum atomic E-state index is 13.6. The number of ether oxygens (including phenoxy) is 1. The lowest BCUT2D eigenvalue weighted by Gasteiger charge is -2.34. The summed E-state index contributed by atoms with van der Waals surface area (Å²) in [5.41, 5.74) is 2.02. The highest BCUT2D eigenvalue weighted by atomic mass is 16.6. The fourth-order valence-corrected chi connectivity index (χ4v) is 3.96. The number of nitrogens with zero attached hydrogens (tertiary/aromatic N) is 1. The monoisotopic (exact) mass is 439 g/mol. The fourth-order valence-electron chi connectivity index (χ4n) is 3.96. The molecular weight excluding hydrogens is 414 g/mol. The minimum absolute atomic E-state index is 0.160. The Kier molecular flexibility index (Phi) is 6.79. The van der Waals surface area contributed by atoms with Gasteiger partial charge in [0.15, 0.2) is 5.78 Å². The number of Topliss-reactive ketones (excluding diaryl/α,β-unsaturated/α-hetero) is 2. The summed E-state index contributed by atoms with van der Waals surface area (Å²) in [4.78, 5) is 41.8. The molecule has 0 N–H and O–H groups in total. The first kappa shape index (κ1) is 22.2. The summed E-state index contributed by atoms with van der Waals surface area (Å²) in [6.07, 6.45) is 0.854. The summed E-state index contributed by atoms with van der Waals surface area (Å²) in [7, 11) is 0. The SMILES string of the molecule is CCCCN1C(c2ccccc2)=C(C(=O)c2ccccc2)C(=O)C(=O)OC1c1ccccc1. The van der Waals surface area contributed by atoms with E-state index in [1.165, 1.54) is 0 Å². The molecule has 0 aromatic heterocycles. The van der Waals surface area contributed by atoms with E-state index in [1.807, 2.05) is 65.6 Å². The van der Waals surface area contributed by atoms with Gasteiger partial charge in [0.25, 0.3) is 5.78 Å². The van der Waals surface area contributed by atoms with E-state index in [2.05, 4.69) is 6.92 Å². The van der Waals surface area contributed by atoms with Crippen LogP contribution in [0.15, 0.2) is 96.6 Å². The van der Waals surface area contributed by atoms with Crippen LogP contribution in [0.4, 0.5) is 0 Å². The molecule has 3 aromatic carbocycles.